The predicted octanol–water partition coefficient (Wildman–Crippen LogP) is 3.63. The molecule has 0 spiro atoms. The molecule has 1 atom stereocenters. The van der Waals surface area contributed by atoms with Crippen LogP contribution < -0.4 is 5.32 Å². The first-order valence-electron chi connectivity index (χ1n) is 7.55. The van der Waals surface area contributed by atoms with E-state index in [0.29, 0.717) is 17.0 Å². The summed E-state index contributed by atoms with van der Waals surface area (Å²) < 4.78 is 5.57. The maximum absolute atomic E-state index is 12.2. The van der Waals surface area contributed by atoms with E-state index in [1.807, 2.05) is 31.2 Å². The Bertz CT molecular complexity index is 650. The highest BCUT2D eigenvalue weighted by Crippen LogP contribution is 2.40. The van der Waals surface area contributed by atoms with Crippen LogP contribution in [0.3, 0.4) is 0 Å². The first kappa shape index (κ1) is 15.1. The Morgan fingerprint density at radius 3 is 2.73 bits per heavy atom. The van der Waals surface area contributed by atoms with Gasteiger partial charge in [-0.1, -0.05) is 30.8 Å². The van der Waals surface area contributed by atoms with Crippen molar-refractivity contribution in [2.45, 2.75) is 49.5 Å². The minimum absolute atomic E-state index is 0.0691. The van der Waals surface area contributed by atoms with Gasteiger partial charge in [-0.2, -0.15) is 0 Å². The van der Waals surface area contributed by atoms with Gasteiger partial charge in [0.25, 0.3) is 5.22 Å². The van der Waals surface area contributed by atoms with Crippen LogP contribution in [0, 0.1) is 0 Å². The van der Waals surface area contributed by atoms with Gasteiger partial charge in [-0.05, 0) is 43.9 Å². The van der Waals surface area contributed by atoms with Crippen molar-refractivity contribution in [2.24, 2.45) is 0 Å². The van der Waals surface area contributed by atoms with Crippen LogP contribution in [0.1, 0.15) is 44.1 Å². The first-order chi connectivity index (χ1) is 10.7. The molecule has 2 aromatic rings. The quantitative estimate of drug-likeness (QED) is 0.824. The summed E-state index contributed by atoms with van der Waals surface area (Å²) in [5.41, 5.74) is 2.05. The number of nitrogens with one attached hydrogen (secondary N) is 1. The van der Waals surface area contributed by atoms with Crippen molar-refractivity contribution in [3.8, 4) is 0 Å². The van der Waals surface area contributed by atoms with Crippen LogP contribution in [0.2, 0.25) is 0 Å². The molecule has 1 aromatic carbocycles. The molecule has 1 fully saturated rings. The SMILES string of the molecule is CCc1ccc(NC(=O)[C@@H](C)Sc2nnc(C3CC3)o2)cc1. The van der Waals surface area contributed by atoms with E-state index in [1.54, 1.807) is 0 Å². The highest BCUT2D eigenvalue weighted by molar-refractivity contribution is 8.00. The zero-order valence-corrected chi connectivity index (χ0v) is 13.5. The Labute approximate surface area is 133 Å². The molecule has 1 aliphatic carbocycles. The van der Waals surface area contributed by atoms with Gasteiger partial charge in [0.15, 0.2) is 0 Å². The maximum Gasteiger partial charge on any atom is 0.277 e. The number of hydrogen-bond acceptors (Lipinski definition) is 5. The molecule has 1 saturated carbocycles. The molecule has 0 unspecified atom stereocenters. The van der Waals surface area contributed by atoms with Crippen molar-refractivity contribution >= 4 is 23.4 Å². The maximum atomic E-state index is 12.2. The van der Waals surface area contributed by atoms with Gasteiger partial charge in [-0.15, -0.1) is 10.2 Å². The molecule has 1 amide bonds. The molecule has 0 saturated heterocycles. The van der Waals surface area contributed by atoms with E-state index in [4.69, 9.17) is 4.42 Å². The second kappa shape index (κ2) is 6.52. The van der Waals surface area contributed by atoms with E-state index in [-0.39, 0.29) is 11.2 Å². The van der Waals surface area contributed by atoms with E-state index in [2.05, 4.69) is 22.4 Å². The van der Waals surface area contributed by atoms with Crippen molar-refractivity contribution in [1.82, 2.24) is 10.2 Å². The van der Waals surface area contributed by atoms with Crippen molar-refractivity contribution < 1.29 is 9.21 Å². The summed E-state index contributed by atoms with van der Waals surface area (Å²) in [6, 6.07) is 7.89. The molecule has 0 bridgehead atoms. The predicted molar refractivity (Wildman–Crippen MR) is 86.0 cm³/mol. The third kappa shape index (κ3) is 3.68. The van der Waals surface area contributed by atoms with E-state index < -0.39 is 0 Å². The van der Waals surface area contributed by atoms with Crippen LogP contribution >= 0.6 is 11.8 Å². The molecule has 6 heteroatoms. The topological polar surface area (TPSA) is 68.0 Å². The number of carbonyl (C=O) groups is 1. The van der Waals surface area contributed by atoms with Crippen LogP contribution in [-0.2, 0) is 11.2 Å². The van der Waals surface area contributed by atoms with Gasteiger partial charge in [-0.3, -0.25) is 4.79 Å². The van der Waals surface area contributed by atoms with Crippen molar-refractivity contribution in [2.75, 3.05) is 5.32 Å². The summed E-state index contributed by atoms with van der Waals surface area (Å²) in [4.78, 5) is 12.2. The first-order valence-corrected chi connectivity index (χ1v) is 8.43. The van der Waals surface area contributed by atoms with Crippen LogP contribution in [0.25, 0.3) is 0 Å². The molecule has 0 aliphatic heterocycles. The standard InChI is InChI=1S/C16H19N3O2S/c1-3-11-4-8-13(9-5-11)17-14(20)10(2)22-16-19-18-15(21-16)12-6-7-12/h4-5,8-10,12H,3,6-7H2,1-2H3,(H,17,20)/t10-/m1/s1. The molecular weight excluding hydrogens is 298 g/mol. The van der Waals surface area contributed by atoms with Gasteiger partial charge in [0.1, 0.15) is 0 Å². The smallest absolute Gasteiger partial charge is 0.277 e. The summed E-state index contributed by atoms with van der Waals surface area (Å²) in [6.45, 7) is 3.94. The Morgan fingerprint density at radius 1 is 1.36 bits per heavy atom. The molecule has 0 radical (unpaired) electrons. The lowest BCUT2D eigenvalue weighted by Crippen LogP contribution is -2.22. The minimum Gasteiger partial charge on any atom is -0.416 e. The Kier molecular flexibility index (Phi) is 4.47. The van der Waals surface area contributed by atoms with Crippen molar-refractivity contribution in [3.05, 3.63) is 35.7 Å². The largest absolute Gasteiger partial charge is 0.416 e. The van der Waals surface area contributed by atoms with Crippen molar-refractivity contribution in [3.63, 3.8) is 0 Å². The molecular formula is C16H19N3O2S. The molecule has 1 aliphatic rings. The minimum atomic E-state index is -0.293. The van der Waals surface area contributed by atoms with Crippen LogP contribution in [0.15, 0.2) is 33.9 Å². The van der Waals surface area contributed by atoms with Gasteiger partial charge in [0.05, 0.1) is 5.25 Å². The summed E-state index contributed by atoms with van der Waals surface area (Å²) in [5, 5.41) is 11.1. The zero-order chi connectivity index (χ0) is 15.5. The summed E-state index contributed by atoms with van der Waals surface area (Å²) in [5.74, 6) is 1.06. The third-order valence-electron chi connectivity index (χ3n) is 3.63. The third-order valence-corrected chi connectivity index (χ3v) is 4.56. The van der Waals surface area contributed by atoms with Gasteiger partial charge >= 0.3 is 0 Å². The number of nitrogens with zero attached hydrogens (tertiary/aromatic N) is 2. The second-order valence-corrected chi connectivity index (χ2v) is 6.77. The van der Waals surface area contributed by atoms with Gasteiger partial charge in [0, 0.05) is 11.6 Å². The highest BCUT2D eigenvalue weighted by atomic mass is 32.2. The van der Waals surface area contributed by atoms with Crippen LogP contribution in [0.4, 0.5) is 5.69 Å². The highest BCUT2D eigenvalue weighted by Gasteiger charge is 2.30. The fourth-order valence-electron chi connectivity index (χ4n) is 2.04. The molecule has 3 rings (SSSR count). The summed E-state index contributed by atoms with van der Waals surface area (Å²) in [6.07, 6.45) is 3.23. The fraction of sp³-hybridized carbons (Fsp3) is 0.438. The number of aromatic nitrogens is 2. The van der Waals surface area contributed by atoms with Gasteiger partial charge in [0.2, 0.25) is 11.8 Å². The van der Waals surface area contributed by atoms with E-state index in [9.17, 15) is 4.79 Å². The number of benzene rings is 1. The second-order valence-electron chi connectivity index (χ2n) is 5.48. The molecule has 116 valence electrons. The molecule has 1 aromatic heterocycles. The molecule has 1 N–H and O–H groups in total. The van der Waals surface area contributed by atoms with Gasteiger partial charge < -0.3 is 9.73 Å². The number of hydrogen-bond donors (Lipinski definition) is 1. The Balaban J connectivity index is 1.55. The zero-order valence-electron chi connectivity index (χ0n) is 12.7. The van der Waals surface area contributed by atoms with Gasteiger partial charge in [-0.25, -0.2) is 0 Å². The molecule has 5 nitrogen and oxygen atoms in total. The number of carbonyl (C=O) groups excluding carboxylic acids is 1. The van der Waals surface area contributed by atoms with Crippen LogP contribution in [-0.4, -0.2) is 21.4 Å². The monoisotopic (exact) mass is 317 g/mol. The van der Waals surface area contributed by atoms with E-state index >= 15 is 0 Å². The van der Waals surface area contributed by atoms with E-state index in [0.717, 1.165) is 24.9 Å². The Morgan fingerprint density at radius 2 is 2.09 bits per heavy atom. The number of thioether (sulfide) groups is 1. The number of amides is 1. The summed E-state index contributed by atoms with van der Waals surface area (Å²) in [7, 11) is 0. The Hall–Kier alpha value is -1.82. The normalized spacial score (nSPS) is 15.5. The van der Waals surface area contributed by atoms with Crippen molar-refractivity contribution in [1.29, 1.82) is 0 Å². The lowest BCUT2D eigenvalue weighted by Gasteiger charge is -2.10. The molecule has 1 heterocycles. The van der Waals surface area contributed by atoms with Crippen LogP contribution in [0.5, 0.6) is 0 Å². The number of anilines is 1. The average molecular weight is 317 g/mol. The fourth-order valence-corrected chi connectivity index (χ4v) is 2.73. The summed E-state index contributed by atoms with van der Waals surface area (Å²) >= 11 is 1.29. The van der Waals surface area contributed by atoms with E-state index in [1.165, 1.54) is 17.3 Å². The lowest BCUT2D eigenvalue weighted by atomic mass is 10.1. The lowest BCUT2D eigenvalue weighted by molar-refractivity contribution is -0.115. The molecule has 22 heavy (non-hydrogen) atoms. The number of rotatable bonds is 6. The average Bonchev–Trinajstić information content (AvgIpc) is 3.28. The number of aryl methyl sites for hydroxylation is 1.